The summed E-state index contributed by atoms with van der Waals surface area (Å²) < 4.78 is 28.7. The number of nitrogens with one attached hydrogen (secondary N) is 1. The minimum absolute atomic E-state index is 0.0110. The van der Waals surface area contributed by atoms with Gasteiger partial charge in [-0.25, -0.2) is 4.39 Å². The highest BCUT2D eigenvalue weighted by molar-refractivity contribution is 6.31. The van der Waals surface area contributed by atoms with Crippen LogP contribution < -0.4 is 14.8 Å². The van der Waals surface area contributed by atoms with Crippen LogP contribution in [0.2, 0.25) is 5.02 Å². The van der Waals surface area contributed by atoms with Crippen LogP contribution in [-0.2, 0) is 14.3 Å². The largest absolute Gasteiger partial charge is 0.494 e. The number of ether oxygens (including phenoxy) is 3. The SMILES string of the molecule is CCOc1ccc(OCCC(=O)OCC(=O)Nc2ccc(F)c(Cl)c2)cc1. The van der Waals surface area contributed by atoms with Gasteiger partial charge in [0.25, 0.3) is 5.91 Å². The number of benzene rings is 2. The third-order valence-corrected chi connectivity index (χ3v) is 3.57. The van der Waals surface area contributed by atoms with E-state index in [9.17, 15) is 14.0 Å². The maximum atomic E-state index is 13.1. The van der Waals surface area contributed by atoms with Gasteiger partial charge in [0.15, 0.2) is 6.61 Å². The number of esters is 1. The Bertz CT molecular complexity index is 782. The van der Waals surface area contributed by atoms with E-state index in [1.807, 2.05) is 6.92 Å². The van der Waals surface area contributed by atoms with E-state index >= 15 is 0 Å². The van der Waals surface area contributed by atoms with Crippen molar-refractivity contribution < 1.29 is 28.2 Å². The van der Waals surface area contributed by atoms with Gasteiger partial charge in [-0.05, 0) is 49.4 Å². The average Bonchev–Trinajstić information content (AvgIpc) is 2.65. The van der Waals surface area contributed by atoms with Gasteiger partial charge in [-0.2, -0.15) is 0 Å². The van der Waals surface area contributed by atoms with Crippen molar-refractivity contribution in [1.82, 2.24) is 0 Å². The van der Waals surface area contributed by atoms with Crippen LogP contribution in [0, 0.1) is 5.82 Å². The smallest absolute Gasteiger partial charge is 0.309 e. The topological polar surface area (TPSA) is 73.9 Å². The van der Waals surface area contributed by atoms with Crippen molar-refractivity contribution in [2.24, 2.45) is 0 Å². The number of carbonyl (C=O) groups excluding carboxylic acids is 2. The molecule has 0 spiro atoms. The fourth-order valence-corrected chi connectivity index (χ4v) is 2.22. The molecule has 6 nitrogen and oxygen atoms in total. The maximum Gasteiger partial charge on any atom is 0.309 e. The zero-order valence-corrected chi connectivity index (χ0v) is 15.4. The molecular weight excluding hydrogens is 377 g/mol. The minimum atomic E-state index is -0.589. The van der Waals surface area contributed by atoms with E-state index in [-0.39, 0.29) is 18.1 Å². The number of hydrogen-bond donors (Lipinski definition) is 1. The molecule has 0 aromatic heterocycles. The van der Waals surface area contributed by atoms with Gasteiger partial charge in [0.2, 0.25) is 0 Å². The average molecular weight is 396 g/mol. The quantitative estimate of drug-likeness (QED) is 0.653. The normalized spacial score (nSPS) is 10.2. The Kier molecular flexibility index (Phi) is 7.88. The standard InChI is InChI=1S/C19H19ClFNO5/c1-2-25-14-4-6-15(7-5-14)26-10-9-19(24)27-12-18(23)22-13-3-8-17(21)16(20)11-13/h3-8,11H,2,9-10,12H2,1H3,(H,22,23). The Morgan fingerprint density at radius 1 is 1.07 bits per heavy atom. The van der Waals surface area contributed by atoms with Crippen LogP contribution in [0.4, 0.5) is 10.1 Å². The van der Waals surface area contributed by atoms with Gasteiger partial charge in [0.1, 0.15) is 17.3 Å². The van der Waals surface area contributed by atoms with Crippen molar-refractivity contribution in [3.05, 3.63) is 53.3 Å². The lowest BCUT2D eigenvalue weighted by Gasteiger charge is -2.09. The van der Waals surface area contributed by atoms with Crippen molar-refractivity contribution >= 4 is 29.2 Å². The summed E-state index contributed by atoms with van der Waals surface area (Å²) in [5.41, 5.74) is 0.307. The lowest BCUT2D eigenvalue weighted by atomic mass is 10.3. The monoisotopic (exact) mass is 395 g/mol. The van der Waals surface area contributed by atoms with E-state index in [2.05, 4.69) is 5.32 Å². The molecule has 0 aliphatic heterocycles. The van der Waals surface area contributed by atoms with E-state index in [0.29, 0.717) is 18.0 Å². The minimum Gasteiger partial charge on any atom is -0.494 e. The van der Waals surface area contributed by atoms with Crippen molar-refractivity contribution in [2.75, 3.05) is 25.1 Å². The third kappa shape index (κ3) is 7.15. The molecule has 0 fully saturated rings. The molecule has 0 aliphatic carbocycles. The Hall–Kier alpha value is -2.80. The molecule has 144 valence electrons. The second kappa shape index (κ2) is 10.4. The van der Waals surface area contributed by atoms with Crippen LogP contribution in [0.15, 0.2) is 42.5 Å². The zero-order chi connectivity index (χ0) is 19.6. The van der Waals surface area contributed by atoms with Crippen LogP contribution in [0.1, 0.15) is 13.3 Å². The number of rotatable bonds is 9. The first-order valence-electron chi connectivity index (χ1n) is 8.24. The van der Waals surface area contributed by atoms with Gasteiger partial charge < -0.3 is 19.5 Å². The summed E-state index contributed by atoms with van der Waals surface area (Å²) in [7, 11) is 0. The number of amides is 1. The number of anilines is 1. The van der Waals surface area contributed by atoms with Gasteiger partial charge in [-0.1, -0.05) is 11.6 Å². The fourth-order valence-electron chi connectivity index (χ4n) is 2.04. The molecule has 2 aromatic carbocycles. The second-order valence-electron chi connectivity index (χ2n) is 5.34. The molecule has 0 atom stereocenters. The molecule has 1 amide bonds. The van der Waals surface area contributed by atoms with E-state index in [0.717, 1.165) is 11.8 Å². The van der Waals surface area contributed by atoms with Crippen molar-refractivity contribution in [2.45, 2.75) is 13.3 Å². The number of halogens is 2. The van der Waals surface area contributed by atoms with Crippen LogP contribution in [0.25, 0.3) is 0 Å². The maximum absolute atomic E-state index is 13.1. The summed E-state index contributed by atoms with van der Waals surface area (Å²) in [5.74, 6) is -0.393. The molecule has 2 rings (SSSR count). The highest BCUT2D eigenvalue weighted by Crippen LogP contribution is 2.19. The van der Waals surface area contributed by atoms with Crippen LogP contribution in [-0.4, -0.2) is 31.7 Å². The molecule has 8 heteroatoms. The first-order chi connectivity index (χ1) is 13.0. The Balaban J connectivity index is 1.66. The Morgan fingerprint density at radius 2 is 1.74 bits per heavy atom. The highest BCUT2D eigenvalue weighted by Gasteiger charge is 2.09. The van der Waals surface area contributed by atoms with Crippen LogP contribution in [0.3, 0.4) is 0 Å². The van der Waals surface area contributed by atoms with Crippen LogP contribution in [0.5, 0.6) is 11.5 Å². The molecule has 0 unspecified atom stereocenters. The first kappa shape index (κ1) is 20.5. The third-order valence-electron chi connectivity index (χ3n) is 3.28. The lowest BCUT2D eigenvalue weighted by Crippen LogP contribution is -2.21. The Morgan fingerprint density at radius 3 is 2.37 bits per heavy atom. The summed E-state index contributed by atoms with van der Waals surface area (Å²) >= 11 is 5.62. The molecule has 0 saturated carbocycles. The molecule has 0 bridgehead atoms. The lowest BCUT2D eigenvalue weighted by molar-refractivity contribution is -0.147. The van der Waals surface area contributed by atoms with Crippen molar-refractivity contribution in [3.63, 3.8) is 0 Å². The van der Waals surface area contributed by atoms with E-state index in [1.165, 1.54) is 12.1 Å². The molecule has 0 saturated heterocycles. The molecule has 27 heavy (non-hydrogen) atoms. The number of hydrogen-bond acceptors (Lipinski definition) is 5. The molecule has 1 N–H and O–H groups in total. The summed E-state index contributed by atoms with van der Waals surface area (Å²) in [6, 6.07) is 10.7. The zero-order valence-electron chi connectivity index (χ0n) is 14.7. The van der Waals surface area contributed by atoms with E-state index < -0.39 is 24.3 Å². The van der Waals surface area contributed by atoms with Gasteiger partial charge in [0.05, 0.1) is 24.7 Å². The fraction of sp³-hybridized carbons (Fsp3) is 0.263. The van der Waals surface area contributed by atoms with Crippen LogP contribution >= 0.6 is 11.6 Å². The van der Waals surface area contributed by atoms with Gasteiger partial charge >= 0.3 is 5.97 Å². The summed E-state index contributed by atoms with van der Waals surface area (Å²) in [5, 5.41) is 2.34. The second-order valence-corrected chi connectivity index (χ2v) is 5.75. The molecule has 0 radical (unpaired) electrons. The molecule has 0 heterocycles. The number of carbonyl (C=O) groups is 2. The van der Waals surface area contributed by atoms with E-state index in [4.69, 9.17) is 25.8 Å². The van der Waals surface area contributed by atoms with E-state index in [1.54, 1.807) is 24.3 Å². The first-order valence-corrected chi connectivity index (χ1v) is 8.62. The summed E-state index contributed by atoms with van der Waals surface area (Å²) in [4.78, 5) is 23.4. The van der Waals surface area contributed by atoms with Crippen molar-refractivity contribution in [3.8, 4) is 11.5 Å². The highest BCUT2D eigenvalue weighted by atomic mass is 35.5. The summed E-state index contributed by atoms with van der Waals surface area (Å²) in [6.45, 7) is 2.12. The predicted molar refractivity (Wildman–Crippen MR) is 98.7 cm³/mol. The van der Waals surface area contributed by atoms with Gasteiger partial charge in [0, 0.05) is 5.69 Å². The molecule has 2 aromatic rings. The summed E-state index contributed by atoms with van der Waals surface area (Å²) in [6.07, 6.45) is -0.0110. The molecule has 0 aliphatic rings. The van der Waals surface area contributed by atoms with Gasteiger partial charge in [-0.15, -0.1) is 0 Å². The van der Waals surface area contributed by atoms with Gasteiger partial charge in [-0.3, -0.25) is 9.59 Å². The Labute approximate surface area is 161 Å². The van der Waals surface area contributed by atoms with Crippen molar-refractivity contribution in [1.29, 1.82) is 0 Å². The molecular formula is C19H19ClFNO5. The predicted octanol–water partition coefficient (Wildman–Crippen LogP) is 3.83.